The maximum absolute atomic E-state index is 12.2. The lowest BCUT2D eigenvalue weighted by Crippen LogP contribution is -2.46. The summed E-state index contributed by atoms with van der Waals surface area (Å²) in [5.41, 5.74) is 0.251. The fourth-order valence-corrected chi connectivity index (χ4v) is 3.05. The van der Waals surface area contributed by atoms with E-state index in [0.717, 1.165) is 0 Å². The van der Waals surface area contributed by atoms with Crippen molar-refractivity contribution in [3.8, 4) is 0 Å². The molecule has 0 aliphatic carbocycles. The molecule has 2 aliphatic heterocycles. The van der Waals surface area contributed by atoms with Crippen molar-refractivity contribution < 1.29 is 42.9 Å². The van der Waals surface area contributed by atoms with Crippen molar-refractivity contribution in [3.05, 3.63) is 36.6 Å². The number of esters is 4. The molecule has 10 nitrogen and oxygen atoms in total. The van der Waals surface area contributed by atoms with E-state index in [9.17, 15) is 19.2 Å². The van der Waals surface area contributed by atoms with Gasteiger partial charge in [0.2, 0.25) is 0 Å². The summed E-state index contributed by atoms with van der Waals surface area (Å²) >= 11 is 0. The summed E-state index contributed by atoms with van der Waals surface area (Å²) < 4.78 is 26.7. The van der Waals surface area contributed by atoms with Crippen LogP contribution in [0.4, 0.5) is 0 Å². The summed E-state index contributed by atoms with van der Waals surface area (Å²) in [6.07, 6.45) is 2.46. The zero-order chi connectivity index (χ0) is 22.3. The second-order valence-corrected chi connectivity index (χ2v) is 6.59. The number of carbonyl (C=O) groups is 4. The second kappa shape index (κ2) is 10.6. The number of carbonyl (C=O) groups excluding carboxylic acids is 4. The molecule has 0 aromatic carbocycles. The molecular weight excluding hydrogens is 398 g/mol. The smallest absolute Gasteiger partial charge is 0.339 e. The maximum Gasteiger partial charge on any atom is 0.339 e. The van der Waals surface area contributed by atoms with Gasteiger partial charge in [-0.2, -0.15) is 0 Å². The third-order valence-corrected chi connectivity index (χ3v) is 4.15. The molecule has 164 valence electrons. The molecule has 30 heavy (non-hydrogen) atoms. The highest BCUT2D eigenvalue weighted by Gasteiger charge is 2.51. The van der Waals surface area contributed by atoms with Crippen molar-refractivity contribution in [1.29, 1.82) is 0 Å². The van der Waals surface area contributed by atoms with Gasteiger partial charge in [0.25, 0.3) is 0 Å². The van der Waals surface area contributed by atoms with Gasteiger partial charge in [-0.05, 0) is 6.08 Å². The summed E-state index contributed by atoms with van der Waals surface area (Å²) in [5, 5.41) is 0. The molecule has 1 saturated heterocycles. The Balaban J connectivity index is 2.29. The van der Waals surface area contributed by atoms with Crippen LogP contribution in [0.2, 0.25) is 0 Å². The third-order valence-electron chi connectivity index (χ3n) is 4.15. The fraction of sp³-hybridized carbons (Fsp3) is 0.500. The third kappa shape index (κ3) is 6.18. The van der Waals surface area contributed by atoms with Crippen LogP contribution < -0.4 is 0 Å². The fourth-order valence-electron chi connectivity index (χ4n) is 3.05. The Labute approximate surface area is 174 Å². The van der Waals surface area contributed by atoms with Gasteiger partial charge in [0, 0.05) is 33.5 Å². The van der Waals surface area contributed by atoms with Crippen LogP contribution in [-0.4, -0.2) is 73.1 Å². The molecule has 0 bridgehead atoms. The van der Waals surface area contributed by atoms with Gasteiger partial charge in [-0.1, -0.05) is 18.7 Å². The van der Waals surface area contributed by atoms with Crippen molar-refractivity contribution in [1.82, 2.24) is 4.90 Å². The molecule has 4 unspecified atom stereocenters. The predicted molar refractivity (Wildman–Crippen MR) is 101 cm³/mol. The Morgan fingerprint density at radius 3 is 2.37 bits per heavy atom. The van der Waals surface area contributed by atoms with Gasteiger partial charge in [0.05, 0.1) is 5.57 Å². The van der Waals surface area contributed by atoms with Crippen LogP contribution in [0, 0.1) is 0 Å². The first-order chi connectivity index (χ1) is 14.2. The van der Waals surface area contributed by atoms with Gasteiger partial charge in [-0.15, -0.1) is 0 Å². The number of nitrogens with zero attached hydrogens (tertiary/aromatic N) is 1. The van der Waals surface area contributed by atoms with Gasteiger partial charge >= 0.3 is 23.9 Å². The number of rotatable bonds is 8. The first-order valence-corrected chi connectivity index (χ1v) is 9.28. The minimum Gasteiger partial charge on any atom is -0.463 e. The van der Waals surface area contributed by atoms with E-state index < -0.39 is 48.4 Å². The van der Waals surface area contributed by atoms with E-state index in [1.807, 2.05) is 0 Å². The average Bonchev–Trinajstić information content (AvgIpc) is 3.00. The Kier molecular flexibility index (Phi) is 8.16. The minimum absolute atomic E-state index is 0.0546. The lowest BCUT2D eigenvalue weighted by atomic mass is 10.1. The Hall–Kier alpha value is -3.14. The SMILES string of the molecule is C=CCOC(=O)C1=CN(C2OC(COC(C)=O)C(OC(C)=O)C2OC(C)=O)CC=C1. The quantitative estimate of drug-likeness (QED) is 0.312. The van der Waals surface area contributed by atoms with Crippen molar-refractivity contribution in [2.24, 2.45) is 0 Å². The highest BCUT2D eigenvalue weighted by atomic mass is 16.7. The van der Waals surface area contributed by atoms with Crippen LogP contribution in [0.15, 0.2) is 36.6 Å². The highest BCUT2D eigenvalue weighted by Crippen LogP contribution is 2.31. The lowest BCUT2D eigenvalue weighted by Gasteiger charge is -2.32. The molecule has 2 aliphatic rings. The molecule has 0 spiro atoms. The van der Waals surface area contributed by atoms with E-state index in [2.05, 4.69) is 6.58 Å². The first-order valence-electron chi connectivity index (χ1n) is 9.28. The summed E-state index contributed by atoms with van der Waals surface area (Å²) in [6, 6.07) is 0. The molecule has 0 N–H and O–H groups in total. The molecule has 2 heterocycles. The van der Waals surface area contributed by atoms with Crippen LogP contribution in [0.25, 0.3) is 0 Å². The molecule has 0 amide bonds. The minimum atomic E-state index is -1.01. The van der Waals surface area contributed by atoms with Crippen LogP contribution in [0.1, 0.15) is 20.8 Å². The molecule has 0 aromatic heterocycles. The Morgan fingerprint density at radius 2 is 1.77 bits per heavy atom. The van der Waals surface area contributed by atoms with E-state index in [0.29, 0.717) is 6.54 Å². The molecule has 4 atom stereocenters. The first kappa shape index (κ1) is 23.1. The molecule has 2 rings (SSSR count). The zero-order valence-electron chi connectivity index (χ0n) is 17.1. The van der Waals surface area contributed by atoms with Crippen LogP contribution >= 0.6 is 0 Å². The van der Waals surface area contributed by atoms with Gasteiger partial charge in [-0.25, -0.2) is 4.79 Å². The number of hydrogen-bond acceptors (Lipinski definition) is 10. The van der Waals surface area contributed by atoms with E-state index in [4.69, 9.17) is 23.7 Å². The van der Waals surface area contributed by atoms with Crippen molar-refractivity contribution >= 4 is 23.9 Å². The largest absolute Gasteiger partial charge is 0.463 e. The lowest BCUT2D eigenvalue weighted by molar-refractivity contribution is -0.167. The predicted octanol–water partition coefficient (Wildman–Crippen LogP) is 0.623. The van der Waals surface area contributed by atoms with E-state index >= 15 is 0 Å². The monoisotopic (exact) mass is 423 g/mol. The van der Waals surface area contributed by atoms with Crippen LogP contribution in [0.5, 0.6) is 0 Å². The molecular formula is C20H25NO9. The van der Waals surface area contributed by atoms with E-state index in [-0.39, 0.29) is 18.8 Å². The van der Waals surface area contributed by atoms with Crippen LogP contribution in [0.3, 0.4) is 0 Å². The van der Waals surface area contributed by atoms with Crippen LogP contribution in [-0.2, 0) is 42.9 Å². The van der Waals surface area contributed by atoms with Gasteiger partial charge < -0.3 is 28.6 Å². The van der Waals surface area contributed by atoms with Gasteiger partial charge in [0.1, 0.15) is 19.3 Å². The normalized spacial score (nSPS) is 25.2. The van der Waals surface area contributed by atoms with E-state index in [1.54, 1.807) is 17.1 Å². The topological polar surface area (TPSA) is 118 Å². The van der Waals surface area contributed by atoms with Gasteiger partial charge in [0.15, 0.2) is 18.4 Å². The highest BCUT2D eigenvalue weighted by molar-refractivity contribution is 5.91. The molecule has 0 saturated carbocycles. The Bertz CT molecular complexity index is 757. The molecule has 1 fully saturated rings. The van der Waals surface area contributed by atoms with Crippen molar-refractivity contribution in [3.63, 3.8) is 0 Å². The zero-order valence-corrected chi connectivity index (χ0v) is 17.1. The van der Waals surface area contributed by atoms with Crippen molar-refractivity contribution in [2.75, 3.05) is 19.8 Å². The summed E-state index contributed by atoms with van der Waals surface area (Å²) in [7, 11) is 0. The number of hydrogen-bond donors (Lipinski definition) is 0. The number of ether oxygens (including phenoxy) is 5. The Morgan fingerprint density at radius 1 is 1.10 bits per heavy atom. The summed E-state index contributed by atoms with van der Waals surface area (Å²) in [5.74, 6) is -2.33. The van der Waals surface area contributed by atoms with E-state index in [1.165, 1.54) is 33.0 Å². The molecule has 10 heteroatoms. The summed E-state index contributed by atoms with van der Waals surface area (Å²) in [4.78, 5) is 48.3. The summed E-state index contributed by atoms with van der Waals surface area (Å²) in [6.45, 7) is 7.32. The standard InChI is InChI=1S/C20H25NO9/c1-5-9-26-20(25)15-7-6-8-21(10-15)19-18(29-14(4)24)17(28-13(3)23)16(30-19)11-27-12(2)22/h5-7,10,16-19H,1,8-9,11H2,2-4H3. The van der Waals surface area contributed by atoms with Gasteiger partial charge in [-0.3, -0.25) is 14.4 Å². The van der Waals surface area contributed by atoms with Crippen molar-refractivity contribution in [2.45, 2.75) is 45.3 Å². The molecule has 0 radical (unpaired) electrons. The second-order valence-electron chi connectivity index (χ2n) is 6.59. The molecule has 0 aromatic rings. The maximum atomic E-state index is 12.2. The average molecular weight is 423 g/mol.